The number of esters is 1. The molecule has 0 fully saturated rings. The van der Waals surface area contributed by atoms with E-state index in [1.807, 2.05) is 48.5 Å². The molecular weight excluding hydrogens is 339 g/mol. The third kappa shape index (κ3) is 3.29. The van der Waals surface area contributed by atoms with Crippen molar-refractivity contribution in [3.63, 3.8) is 0 Å². The van der Waals surface area contributed by atoms with E-state index in [1.165, 1.54) is 6.92 Å². The average molecular weight is 354 g/mol. The van der Waals surface area contributed by atoms with Crippen LogP contribution in [0, 0.1) is 0 Å². The molecule has 2 heterocycles. The molecule has 6 heteroatoms. The summed E-state index contributed by atoms with van der Waals surface area (Å²) < 4.78 is 5.23. The second-order valence-electron chi connectivity index (χ2n) is 5.70. The average Bonchev–Trinajstić information content (AvgIpc) is 2.92. The van der Waals surface area contributed by atoms with Gasteiger partial charge in [0.25, 0.3) is 5.91 Å². The smallest absolute Gasteiger partial charge is 1.00 e. The number of fused-ring (bicyclic) bond motifs is 2. The van der Waals surface area contributed by atoms with E-state index in [0.29, 0.717) is 16.8 Å². The molecule has 0 unspecified atom stereocenters. The molecule has 124 valence electrons. The summed E-state index contributed by atoms with van der Waals surface area (Å²) in [5.41, 5.74) is 3.69. The van der Waals surface area contributed by atoms with Gasteiger partial charge in [0, 0.05) is 35.3 Å². The van der Waals surface area contributed by atoms with E-state index in [0.717, 1.165) is 22.2 Å². The summed E-state index contributed by atoms with van der Waals surface area (Å²) in [4.78, 5) is 27.9. The molecule has 5 nitrogen and oxygen atoms in total. The summed E-state index contributed by atoms with van der Waals surface area (Å²) in [6.45, 7) is 1.35. The molecular formula is C20H15N2NaO3. The molecule has 0 saturated heterocycles. The number of hydrogen-bond acceptors (Lipinski definition) is 4. The minimum atomic E-state index is -0.401. The Hall–Kier alpha value is -2.47. The van der Waals surface area contributed by atoms with Crippen molar-refractivity contribution in [1.29, 1.82) is 0 Å². The zero-order chi connectivity index (χ0) is 17.4. The quantitative estimate of drug-likeness (QED) is 0.319. The van der Waals surface area contributed by atoms with Crippen LogP contribution < -0.4 is 39.6 Å². The Kier molecular flexibility index (Phi) is 5.23. The normalized spacial score (nSPS) is 13.9. The number of carbonyl (C=O) groups excluding carboxylic acids is 2. The predicted molar refractivity (Wildman–Crippen MR) is 97.1 cm³/mol. The van der Waals surface area contributed by atoms with Crippen LogP contribution in [0.4, 0.5) is 5.69 Å². The van der Waals surface area contributed by atoms with E-state index in [2.05, 4.69) is 10.3 Å². The van der Waals surface area contributed by atoms with Gasteiger partial charge in [-0.1, -0.05) is 30.3 Å². The van der Waals surface area contributed by atoms with Gasteiger partial charge in [0.15, 0.2) is 5.75 Å². The Morgan fingerprint density at radius 2 is 1.96 bits per heavy atom. The van der Waals surface area contributed by atoms with Gasteiger partial charge in [0.05, 0.1) is 0 Å². The van der Waals surface area contributed by atoms with Crippen LogP contribution in [0.2, 0.25) is 0 Å². The van der Waals surface area contributed by atoms with Crippen molar-refractivity contribution in [3.8, 4) is 5.75 Å². The molecule has 3 aromatic rings. The number of nitrogens with one attached hydrogen (secondary N) is 1. The Morgan fingerprint density at radius 3 is 2.77 bits per heavy atom. The second kappa shape index (κ2) is 7.41. The maximum atomic E-state index is 12.3. The first kappa shape index (κ1) is 18.3. The summed E-state index contributed by atoms with van der Waals surface area (Å²) in [6, 6.07) is 14.8. The number of carbonyl (C=O) groups is 2. The van der Waals surface area contributed by atoms with Gasteiger partial charge >= 0.3 is 35.5 Å². The fraction of sp³-hybridized carbons (Fsp3) is 0.0500. The van der Waals surface area contributed by atoms with E-state index < -0.39 is 5.97 Å². The number of hydrogen-bond donors (Lipinski definition) is 1. The molecule has 1 N–H and O–H groups in total. The van der Waals surface area contributed by atoms with Gasteiger partial charge in [-0.15, -0.1) is 0 Å². The Balaban J connectivity index is 0.00000131. The summed E-state index contributed by atoms with van der Waals surface area (Å²) in [6.07, 6.45) is 3.48. The van der Waals surface area contributed by atoms with Crippen molar-refractivity contribution in [2.24, 2.45) is 0 Å². The van der Waals surface area contributed by atoms with Gasteiger partial charge < -0.3 is 11.5 Å². The van der Waals surface area contributed by atoms with E-state index in [9.17, 15) is 9.59 Å². The molecule has 4 rings (SSSR count). The minimum Gasteiger partial charge on any atom is -1.00 e. The van der Waals surface area contributed by atoms with E-state index >= 15 is 0 Å². The van der Waals surface area contributed by atoms with Crippen LogP contribution in [0.3, 0.4) is 0 Å². The van der Waals surface area contributed by atoms with Crippen LogP contribution in [-0.4, -0.2) is 16.9 Å². The maximum Gasteiger partial charge on any atom is 1.00 e. The first-order valence-corrected chi connectivity index (χ1v) is 7.82. The number of aromatic nitrogens is 1. The van der Waals surface area contributed by atoms with Crippen LogP contribution in [0.5, 0.6) is 5.75 Å². The number of ether oxygens (including phenoxy) is 1. The standard InChI is InChI=1S/C20H14N2O3.Na.H/c1-12(23)25-18-9-8-13(14-6-4-10-21-19(14)18)11-16-15-5-2-3-7-17(15)22-20(16)24;;/h2-11H,1H3,(H,22,24);;/q;+1;-1. The maximum absolute atomic E-state index is 12.3. The molecule has 0 saturated carbocycles. The van der Waals surface area contributed by atoms with Gasteiger partial charge in [-0.05, 0) is 29.8 Å². The van der Waals surface area contributed by atoms with Crippen LogP contribution in [-0.2, 0) is 9.59 Å². The first-order valence-electron chi connectivity index (χ1n) is 7.82. The van der Waals surface area contributed by atoms with Crippen LogP contribution in [0.15, 0.2) is 54.7 Å². The molecule has 0 bridgehead atoms. The van der Waals surface area contributed by atoms with Crippen LogP contribution in [0.1, 0.15) is 19.5 Å². The van der Waals surface area contributed by atoms with Gasteiger partial charge in [0.1, 0.15) is 5.52 Å². The molecule has 0 spiro atoms. The van der Waals surface area contributed by atoms with E-state index in [4.69, 9.17) is 4.74 Å². The summed E-state index contributed by atoms with van der Waals surface area (Å²) >= 11 is 0. The largest absolute Gasteiger partial charge is 1.00 e. The number of pyridine rings is 1. The first-order chi connectivity index (χ1) is 12.1. The third-order valence-corrected chi connectivity index (χ3v) is 4.03. The molecule has 0 atom stereocenters. The molecule has 26 heavy (non-hydrogen) atoms. The molecule has 1 amide bonds. The number of para-hydroxylation sites is 1. The van der Waals surface area contributed by atoms with Crippen molar-refractivity contribution in [2.45, 2.75) is 6.92 Å². The Labute approximate surface area is 173 Å². The van der Waals surface area contributed by atoms with Crippen molar-refractivity contribution in [3.05, 3.63) is 65.9 Å². The van der Waals surface area contributed by atoms with Gasteiger partial charge in [0.2, 0.25) is 0 Å². The van der Waals surface area contributed by atoms with Crippen molar-refractivity contribution in [1.82, 2.24) is 4.98 Å². The minimum absolute atomic E-state index is 0. The fourth-order valence-corrected chi connectivity index (χ4v) is 2.97. The molecule has 1 aliphatic heterocycles. The molecule has 0 aliphatic carbocycles. The predicted octanol–water partition coefficient (Wildman–Crippen LogP) is 0.769. The molecule has 1 aliphatic rings. The number of anilines is 1. The van der Waals surface area contributed by atoms with Gasteiger partial charge in [-0.25, -0.2) is 0 Å². The van der Waals surface area contributed by atoms with Gasteiger partial charge in [-0.3, -0.25) is 14.6 Å². The zero-order valence-electron chi connectivity index (χ0n) is 15.4. The fourth-order valence-electron chi connectivity index (χ4n) is 2.97. The molecule has 1 aromatic heterocycles. The summed E-state index contributed by atoms with van der Waals surface area (Å²) in [5.74, 6) is -0.133. The summed E-state index contributed by atoms with van der Waals surface area (Å²) in [5, 5.41) is 3.67. The second-order valence-corrected chi connectivity index (χ2v) is 5.70. The summed E-state index contributed by atoms with van der Waals surface area (Å²) in [7, 11) is 0. The number of amides is 1. The topological polar surface area (TPSA) is 68.3 Å². The zero-order valence-corrected chi connectivity index (χ0v) is 16.4. The third-order valence-electron chi connectivity index (χ3n) is 4.03. The number of benzene rings is 2. The van der Waals surface area contributed by atoms with Gasteiger partial charge in [-0.2, -0.15) is 0 Å². The molecule has 2 aromatic carbocycles. The van der Waals surface area contributed by atoms with E-state index in [-0.39, 0.29) is 36.9 Å². The van der Waals surface area contributed by atoms with Crippen LogP contribution >= 0.6 is 0 Å². The van der Waals surface area contributed by atoms with Crippen molar-refractivity contribution in [2.75, 3.05) is 5.32 Å². The monoisotopic (exact) mass is 354 g/mol. The Bertz CT molecular complexity index is 1070. The molecule has 0 radical (unpaired) electrons. The van der Waals surface area contributed by atoms with Crippen LogP contribution in [0.25, 0.3) is 22.6 Å². The van der Waals surface area contributed by atoms with Crippen molar-refractivity contribution >= 4 is 40.1 Å². The van der Waals surface area contributed by atoms with E-state index in [1.54, 1.807) is 12.3 Å². The Morgan fingerprint density at radius 1 is 1.15 bits per heavy atom. The van der Waals surface area contributed by atoms with Crippen molar-refractivity contribution < 1.29 is 45.3 Å². The number of rotatable bonds is 2. The number of nitrogens with zero attached hydrogens (tertiary/aromatic N) is 1. The SMILES string of the molecule is CC(=O)Oc1ccc(C=C2C(=O)Nc3ccccc32)c2cccnc12.[H-].[Na+].